The van der Waals surface area contributed by atoms with Crippen LogP contribution in [0.5, 0.6) is 0 Å². The summed E-state index contributed by atoms with van der Waals surface area (Å²) in [6.07, 6.45) is 0.854. The molecule has 2 atom stereocenters. The molecule has 0 aromatic rings. The lowest BCUT2D eigenvalue weighted by Crippen LogP contribution is -2.39. The standard InChI is InChI=1S/C11H19F2NO2/c1-2-16-11(15)8-4-3-5-9(6-8)14-7-10(12)13/h8-10,14H,2-7H2,1H3. The van der Waals surface area contributed by atoms with E-state index in [4.69, 9.17) is 4.74 Å². The number of carbonyl (C=O) groups is 1. The minimum absolute atomic E-state index is 0.0251. The van der Waals surface area contributed by atoms with Crippen LogP contribution in [-0.4, -0.2) is 31.6 Å². The molecule has 1 aliphatic rings. The van der Waals surface area contributed by atoms with E-state index in [2.05, 4.69) is 5.32 Å². The van der Waals surface area contributed by atoms with Crippen LogP contribution in [0.1, 0.15) is 32.6 Å². The van der Waals surface area contributed by atoms with Gasteiger partial charge in [-0.2, -0.15) is 0 Å². The van der Waals surface area contributed by atoms with Crippen molar-refractivity contribution in [2.24, 2.45) is 5.92 Å². The van der Waals surface area contributed by atoms with Crippen molar-refractivity contribution in [1.82, 2.24) is 5.32 Å². The number of halogens is 2. The molecular formula is C11H19F2NO2. The first-order valence-electron chi connectivity index (χ1n) is 5.81. The molecule has 1 N–H and O–H groups in total. The Hall–Kier alpha value is -0.710. The third-order valence-corrected chi connectivity index (χ3v) is 2.85. The van der Waals surface area contributed by atoms with E-state index in [0.717, 1.165) is 19.3 Å². The fraction of sp³-hybridized carbons (Fsp3) is 0.909. The van der Waals surface area contributed by atoms with Crippen molar-refractivity contribution in [3.05, 3.63) is 0 Å². The second-order valence-corrected chi connectivity index (χ2v) is 4.11. The highest BCUT2D eigenvalue weighted by Crippen LogP contribution is 2.25. The number of hydrogen-bond donors (Lipinski definition) is 1. The SMILES string of the molecule is CCOC(=O)C1CCCC(NCC(F)F)C1. The number of hydrogen-bond acceptors (Lipinski definition) is 3. The zero-order valence-corrected chi connectivity index (χ0v) is 9.55. The van der Waals surface area contributed by atoms with Gasteiger partial charge in [-0.05, 0) is 26.2 Å². The van der Waals surface area contributed by atoms with E-state index in [9.17, 15) is 13.6 Å². The molecule has 0 radical (unpaired) electrons. The minimum Gasteiger partial charge on any atom is -0.466 e. The molecule has 1 fully saturated rings. The van der Waals surface area contributed by atoms with Crippen LogP contribution in [0.15, 0.2) is 0 Å². The van der Waals surface area contributed by atoms with Crippen LogP contribution in [0.3, 0.4) is 0 Å². The fourth-order valence-electron chi connectivity index (χ4n) is 2.11. The Labute approximate surface area is 94.5 Å². The molecule has 2 unspecified atom stereocenters. The van der Waals surface area contributed by atoms with Crippen LogP contribution >= 0.6 is 0 Å². The summed E-state index contributed by atoms with van der Waals surface area (Å²) in [6, 6.07) is 0.0251. The van der Waals surface area contributed by atoms with Gasteiger partial charge in [-0.15, -0.1) is 0 Å². The van der Waals surface area contributed by atoms with Gasteiger partial charge in [-0.1, -0.05) is 6.42 Å². The molecule has 1 aliphatic carbocycles. The third kappa shape index (κ3) is 4.43. The molecule has 3 nitrogen and oxygen atoms in total. The normalized spacial score (nSPS) is 25.8. The Kier molecular flexibility index (Phi) is 5.66. The van der Waals surface area contributed by atoms with Crippen LogP contribution < -0.4 is 5.32 Å². The first-order valence-corrected chi connectivity index (χ1v) is 5.81. The molecule has 0 aromatic carbocycles. The summed E-state index contributed by atoms with van der Waals surface area (Å²) in [5.41, 5.74) is 0. The summed E-state index contributed by atoms with van der Waals surface area (Å²) in [5.74, 6) is -0.310. The van der Waals surface area contributed by atoms with E-state index in [1.165, 1.54) is 0 Å². The van der Waals surface area contributed by atoms with E-state index in [1.54, 1.807) is 6.92 Å². The highest BCUT2D eigenvalue weighted by molar-refractivity contribution is 5.72. The van der Waals surface area contributed by atoms with E-state index in [0.29, 0.717) is 13.0 Å². The molecule has 94 valence electrons. The van der Waals surface area contributed by atoms with E-state index in [-0.39, 0.29) is 24.5 Å². The number of nitrogens with one attached hydrogen (secondary N) is 1. The summed E-state index contributed by atoms with van der Waals surface area (Å²) in [6.45, 7) is 1.86. The van der Waals surface area contributed by atoms with Crippen molar-refractivity contribution < 1.29 is 18.3 Å². The first-order chi connectivity index (χ1) is 7.63. The summed E-state index contributed by atoms with van der Waals surface area (Å²) >= 11 is 0. The van der Waals surface area contributed by atoms with Gasteiger partial charge in [0.15, 0.2) is 0 Å². The molecular weight excluding hydrogens is 216 g/mol. The second-order valence-electron chi connectivity index (χ2n) is 4.11. The average molecular weight is 235 g/mol. The number of carbonyl (C=O) groups excluding carboxylic acids is 1. The van der Waals surface area contributed by atoms with Crippen LogP contribution in [0.2, 0.25) is 0 Å². The van der Waals surface area contributed by atoms with Crippen molar-refractivity contribution in [3.63, 3.8) is 0 Å². The zero-order valence-electron chi connectivity index (χ0n) is 9.55. The molecule has 0 saturated heterocycles. The Morgan fingerprint density at radius 1 is 1.50 bits per heavy atom. The summed E-state index contributed by atoms with van der Waals surface area (Å²) < 4.78 is 29.0. The van der Waals surface area contributed by atoms with Gasteiger partial charge in [0, 0.05) is 6.04 Å². The molecule has 1 saturated carbocycles. The average Bonchev–Trinajstić information content (AvgIpc) is 2.27. The van der Waals surface area contributed by atoms with E-state index >= 15 is 0 Å². The maximum absolute atomic E-state index is 12.0. The van der Waals surface area contributed by atoms with Crippen LogP contribution in [-0.2, 0) is 9.53 Å². The number of alkyl halides is 2. The van der Waals surface area contributed by atoms with Crippen molar-refractivity contribution >= 4 is 5.97 Å². The van der Waals surface area contributed by atoms with Crippen molar-refractivity contribution in [2.45, 2.75) is 45.1 Å². The lowest BCUT2D eigenvalue weighted by Gasteiger charge is -2.28. The number of esters is 1. The van der Waals surface area contributed by atoms with Gasteiger partial charge in [0.05, 0.1) is 19.1 Å². The van der Waals surface area contributed by atoms with E-state index < -0.39 is 6.43 Å². The molecule has 0 spiro atoms. The molecule has 5 heteroatoms. The molecule has 0 aromatic heterocycles. The Balaban J connectivity index is 2.32. The molecule has 0 aliphatic heterocycles. The predicted molar refractivity (Wildman–Crippen MR) is 56.4 cm³/mol. The molecule has 0 amide bonds. The number of ether oxygens (including phenoxy) is 1. The summed E-state index contributed by atoms with van der Waals surface area (Å²) in [4.78, 5) is 11.5. The van der Waals surface area contributed by atoms with Gasteiger partial charge < -0.3 is 10.1 Å². The highest BCUT2D eigenvalue weighted by atomic mass is 19.3. The van der Waals surface area contributed by atoms with Crippen molar-refractivity contribution in [3.8, 4) is 0 Å². The lowest BCUT2D eigenvalue weighted by atomic mass is 9.86. The summed E-state index contributed by atoms with van der Waals surface area (Å²) in [7, 11) is 0. The molecule has 0 heterocycles. The quantitative estimate of drug-likeness (QED) is 0.740. The van der Waals surface area contributed by atoms with Crippen molar-refractivity contribution in [1.29, 1.82) is 0 Å². The first kappa shape index (κ1) is 13.4. The topological polar surface area (TPSA) is 38.3 Å². The largest absolute Gasteiger partial charge is 0.466 e. The highest BCUT2D eigenvalue weighted by Gasteiger charge is 2.28. The molecule has 1 rings (SSSR count). The van der Waals surface area contributed by atoms with Gasteiger partial charge in [-0.25, -0.2) is 8.78 Å². The van der Waals surface area contributed by atoms with Crippen LogP contribution in [0, 0.1) is 5.92 Å². The van der Waals surface area contributed by atoms with Crippen LogP contribution in [0.4, 0.5) is 8.78 Å². The maximum Gasteiger partial charge on any atom is 0.308 e. The molecule has 0 bridgehead atoms. The Morgan fingerprint density at radius 3 is 2.88 bits per heavy atom. The Bertz CT molecular complexity index is 224. The number of rotatable bonds is 5. The smallest absolute Gasteiger partial charge is 0.308 e. The van der Waals surface area contributed by atoms with Gasteiger partial charge in [0.1, 0.15) is 0 Å². The third-order valence-electron chi connectivity index (χ3n) is 2.85. The fourth-order valence-corrected chi connectivity index (χ4v) is 2.11. The second kappa shape index (κ2) is 6.78. The van der Waals surface area contributed by atoms with Gasteiger partial charge in [0.2, 0.25) is 0 Å². The summed E-state index contributed by atoms with van der Waals surface area (Å²) in [5, 5.41) is 2.79. The molecule has 16 heavy (non-hydrogen) atoms. The maximum atomic E-state index is 12.0. The predicted octanol–water partition coefficient (Wildman–Crippen LogP) is 1.96. The van der Waals surface area contributed by atoms with Crippen LogP contribution in [0.25, 0.3) is 0 Å². The Morgan fingerprint density at radius 2 is 2.25 bits per heavy atom. The van der Waals surface area contributed by atoms with Gasteiger partial charge >= 0.3 is 5.97 Å². The zero-order chi connectivity index (χ0) is 12.0. The minimum atomic E-state index is -2.33. The van der Waals surface area contributed by atoms with Gasteiger partial charge in [0.25, 0.3) is 6.43 Å². The van der Waals surface area contributed by atoms with Gasteiger partial charge in [-0.3, -0.25) is 4.79 Å². The van der Waals surface area contributed by atoms with Crippen molar-refractivity contribution in [2.75, 3.05) is 13.2 Å². The monoisotopic (exact) mass is 235 g/mol. The lowest BCUT2D eigenvalue weighted by molar-refractivity contribution is -0.149. The van der Waals surface area contributed by atoms with E-state index in [1.807, 2.05) is 0 Å².